The van der Waals surface area contributed by atoms with Crippen LogP contribution in [0.4, 0.5) is 0 Å². The lowest BCUT2D eigenvalue weighted by molar-refractivity contribution is 0.0702. The Hall–Kier alpha value is -1.61. The van der Waals surface area contributed by atoms with E-state index in [0.29, 0.717) is 4.88 Å². The zero-order valence-electron chi connectivity index (χ0n) is 8.56. The van der Waals surface area contributed by atoms with Gasteiger partial charge < -0.3 is 5.11 Å². The molecular weight excluding hydrogens is 220 g/mol. The lowest BCUT2D eigenvalue weighted by atomic mass is 9.91. The van der Waals surface area contributed by atoms with Crippen molar-refractivity contribution in [1.82, 2.24) is 0 Å². The lowest BCUT2D eigenvalue weighted by Crippen LogP contribution is -2.00. The minimum absolute atomic E-state index is 0.446. The van der Waals surface area contributed by atoms with Gasteiger partial charge >= 0.3 is 5.97 Å². The number of carbonyl (C=O) groups is 1. The van der Waals surface area contributed by atoms with E-state index in [9.17, 15) is 4.79 Å². The lowest BCUT2D eigenvalue weighted by Gasteiger charge is -2.15. The summed E-state index contributed by atoms with van der Waals surface area (Å²) in [6.07, 6.45) is 1.97. The number of fused-ring (bicyclic) bond motifs is 3. The molecule has 0 saturated carbocycles. The second kappa shape index (κ2) is 3.46. The van der Waals surface area contributed by atoms with Crippen molar-refractivity contribution in [2.75, 3.05) is 0 Å². The van der Waals surface area contributed by atoms with Crippen molar-refractivity contribution >= 4 is 17.3 Å². The van der Waals surface area contributed by atoms with Gasteiger partial charge in [-0.05, 0) is 35.6 Å². The third-order valence-corrected chi connectivity index (χ3v) is 4.14. The molecule has 1 aromatic heterocycles. The van der Waals surface area contributed by atoms with E-state index in [4.69, 9.17) is 5.11 Å². The van der Waals surface area contributed by atoms with Crippen LogP contribution < -0.4 is 0 Å². The van der Waals surface area contributed by atoms with Gasteiger partial charge in [0.2, 0.25) is 0 Å². The van der Waals surface area contributed by atoms with Crippen LogP contribution in [-0.4, -0.2) is 11.1 Å². The Morgan fingerprint density at radius 3 is 2.75 bits per heavy atom. The number of hydrogen-bond donors (Lipinski definition) is 1. The number of thiophene rings is 1. The van der Waals surface area contributed by atoms with Crippen LogP contribution in [0.15, 0.2) is 30.3 Å². The average molecular weight is 230 g/mol. The maximum absolute atomic E-state index is 10.9. The summed E-state index contributed by atoms with van der Waals surface area (Å²) in [5.74, 6) is -0.822. The predicted octanol–water partition coefficient (Wildman–Crippen LogP) is 3.21. The maximum atomic E-state index is 10.9. The highest BCUT2D eigenvalue weighted by Crippen LogP contribution is 2.39. The van der Waals surface area contributed by atoms with E-state index in [2.05, 4.69) is 12.1 Å². The van der Waals surface area contributed by atoms with E-state index in [1.165, 1.54) is 28.0 Å². The van der Waals surface area contributed by atoms with Crippen LogP contribution >= 0.6 is 11.3 Å². The molecule has 1 N–H and O–H groups in total. The highest BCUT2D eigenvalue weighted by Gasteiger charge is 2.20. The molecule has 1 aliphatic carbocycles. The first kappa shape index (κ1) is 9.60. The molecule has 0 unspecified atom stereocenters. The van der Waals surface area contributed by atoms with E-state index >= 15 is 0 Å². The van der Waals surface area contributed by atoms with Gasteiger partial charge in [-0.15, -0.1) is 11.3 Å². The zero-order valence-corrected chi connectivity index (χ0v) is 9.38. The molecule has 1 aromatic carbocycles. The molecule has 0 aliphatic heterocycles. The molecule has 0 amide bonds. The molecule has 1 heterocycles. The van der Waals surface area contributed by atoms with Gasteiger partial charge in [-0.3, -0.25) is 0 Å². The number of rotatable bonds is 1. The van der Waals surface area contributed by atoms with Crippen LogP contribution in [-0.2, 0) is 12.8 Å². The number of benzene rings is 1. The summed E-state index contributed by atoms with van der Waals surface area (Å²) >= 11 is 1.39. The molecule has 0 fully saturated rings. The normalized spacial score (nSPS) is 13.0. The molecule has 80 valence electrons. The number of aryl methyl sites for hydroxylation is 2. The number of carboxylic acid groups (broad SMARTS) is 1. The summed E-state index contributed by atoms with van der Waals surface area (Å²) in [6, 6.07) is 10.1. The molecular formula is C13H10O2S. The molecule has 1 aliphatic rings. The van der Waals surface area contributed by atoms with E-state index in [-0.39, 0.29) is 0 Å². The molecule has 2 aromatic rings. The standard InChI is InChI=1S/C13H10O2S/c14-13(15)11-7-9-6-5-8-3-1-2-4-10(8)12(9)16-11/h1-4,7H,5-6H2,(H,14,15). The van der Waals surface area contributed by atoms with E-state index in [0.717, 1.165) is 17.7 Å². The number of hydrogen-bond acceptors (Lipinski definition) is 2. The fourth-order valence-electron chi connectivity index (χ4n) is 2.18. The van der Waals surface area contributed by atoms with Crippen LogP contribution in [0.25, 0.3) is 10.4 Å². The van der Waals surface area contributed by atoms with E-state index in [1.807, 2.05) is 18.2 Å². The first-order valence-corrected chi connectivity index (χ1v) is 6.01. The molecule has 0 saturated heterocycles. The van der Waals surface area contributed by atoms with Crippen molar-refractivity contribution in [3.05, 3.63) is 46.3 Å². The van der Waals surface area contributed by atoms with Gasteiger partial charge in [0.15, 0.2) is 0 Å². The first-order valence-electron chi connectivity index (χ1n) is 5.20. The van der Waals surface area contributed by atoms with Gasteiger partial charge in [-0.1, -0.05) is 24.3 Å². The van der Waals surface area contributed by atoms with Crippen LogP contribution in [0.5, 0.6) is 0 Å². The Labute approximate surface area is 97.2 Å². The largest absolute Gasteiger partial charge is 0.477 e. The van der Waals surface area contributed by atoms with Crippen LogP contribution in [0, 0.1) is 0 Å². The van der Waals surface area contributed by atoms with Crippen molar-refractivity contribution in [3.8, 4) is 10.4 Å². The predicted molar refractivity (Wildman–Crippen MR) is 64.1 cm³/mol. The molecule has 0 atom stereocenters. The molecule has 0 radical (unpaired) electrons. The summed E-state index contributed by atoms with van der Waals surface area (Å²) in [7, 11) is 0. The van der Waals surface area contributed by atoms with Crippen LogP contribution in [0.3, 0.4) is 0 Å². The monoisotopic (exact) mass is 230 g/mol. The van der Waals surface area contributed by atoms with Crippen molar-refractivity contribution < 1.29 is 9.90 Å². The quantitative estimate of drug-likeness (QED) is 0.816. The Balaban J connectivity index is 2.20. The van der Waals surface area contributed by atoms with Gasteiger partial charge in [0, 0.05) is 4.88 Å². The fraction of sp³-hybridized carbons (Fsp3) is 0.154. The topological polar surface area (TPSA) is 37.3 Å². The second-order valence-electron chi connectivity index (χ2n) is 3.93. The smallest absolute Gasteiger partial charge is 0.345 e. The second-order valence-corrected chi connectivity index (χ2v) is 4.98. The maximum Gasteiger partial charge on any atom is 0.345 e. The molecule has 0 spiro atoms. The van der Waals surface area contributed by atoms with Crippen molar-refractivity contribution in [2.45, 2.75) is 12.8 Å². The Kier molecular flexibility index (Phi) is 2.07. The minimum atomic E-state index is -0.822. The van der Waals surface area contributed by atoms with Crippen LogP contribution in [0.2, 0.25) is 0 Å². The van der Waals surface area contributed by atoms with E-state index in [1.54, 1.807) is 0 Å². The molecule has 16 heavy (non-hydrogen) atoms. The molecule has 3 heteroatoms. The Morgan fingerprint density at radius 1 is 1.19 bits per heavy atom. The van der Waals surface area contributed by atoms with Crippen molar-refractivity contribution in [3.63, 3.8) is 0 Å². The van der Waals surface area contributed by atoms with Gasteiger partial charge in [0.25, 0.3) is 0 Å². The van der Waals surface area contributed by atoms with Gasteiger partial charge in [0.1, 0.15) is 4.88 Å². The van der Waals surface area contributed by atoms with Gasteiger partial charge in [-0.25, -0.2) is 4.79 Å². The fourth-order valence-corrected chi connectivity index (χ4v) is 3.29. The zero-order chi connectivity index (χ0) is 11.1. The highest BCUT2D eigenvalue weighted by atomic mass is 32.1. The van der Waals surface area contributed by atoms with Gasteiger partial charge in [-0.2, -0.15) is 0 Å². The minimum Gasteiger partial charge on any atom is -0.477 e. The summed E-state index contributed by atoms with van der Waals surface area (Å²) < 4.78 is 0. The Bertz CT molecular complexity index is 569. The average Bonchev–Trinajstić information content (AvgIpc) is 2.73. The molecule has 0 bridgehead atoms. The van der Waals surface area contributed by atoms with Crippen molar-refractivity contribution in [2.24, 2.45) is 0 Å². The third kappa shape index (κ3) is 1.36. The summed E-state index contributed by atoms with van der Waals surface area (Å²) in [5, 5.41) is 8.99. The van der Waals surface area contributed by atoms with Crippen LogP contribution in [0.1, 0.15) is 20.8 Å². The summed E-state index contributed by atoms with van der Waals surface area (Å²) in [4.78, 5) is 12.5. The van der Waals surface area contributed by atoms with Crippen molar-refractivity contribution in [1.29, 1.82) is 0 Å². The number of carboxylic acids is 1. The summed E-state index contributed by atoms with van der Waals surface area (Å²) in [5.41, 5.74) is 3.72. The molecule has 3 rings (SSSR count). The molecule has 2 nitrogen and oxygen atoms in total. The first-order chi connectivity index (χ1) is 7.75. The highest BCUT2D eigenvalue weighted by molar-refractivity contribution is 7.17. The van der Waals surface area contributed by atoms with Gasteiger partial charge in [0.05, 0.1) is 0 Å². The van der Waals surface area contributed by atoms with E-state index < -0.39 is 5.97 Å². The summed E-state index contributed by atoms with van der Waals surface area (Å²) in [6.45, 7) is 0. The number of aromatic carboxylic acids is 1. The third-order valence-electron chi connectivity index (χ3n) is 2.95. The SMILES string of the molecule is O=C(O)c1cc2c(s1)-c1ccccc1CC2. The Morgan fingerprint density at radius 2 is 1.94 bits per heavy atom.